The molecule has 0 atom stereocenters. The number of rotatable bonds is 4. The summed E-state index contributed by atoms with van der Waals surface area (Å²) in [6.07, 6.45) is 0.871. The van der Waals surface area contributed by atoms with Crippen molar-refractivity contribution in [3.8, 4) is 22.9 Å². The Balaban J connectivity index is 1.45. The van der Waals surface area contributed by atoms with Gasteiger partial charge in [-0.25, -0.2) is 9.97 Å². The molecular weight excluding hydrogens is 432 g/mol. The molecule has 2 aromatic heterocycles. The number of hydrogen-bond acceptors (Lipinski definition) is 6. The Bertz CT molecular complexity index is 1480. The molecule has 0 spiro atoms. The fourth-order valence-corrected chi connectivity index (χ4v) is 4.98. The van der Waals surface area contributed by atoms with Gasteiger partial charge in [-0.2, -0.15) is 4.52 Å². The predicted molar refractivity (Wildman–Crippen MR) is 130 cm³/mol. The first-order valence-corrected chi connectivity index (χ1v) is 12.0. The van der Waals surface area contributed by atoms with Crippen molar-refractivity contribution in [1.82, 2.24) is 19.6 Å². The van der Waals surface area contributed by atoms with E-state index in [1.165, 1.54) is 11.1 Å². The Morgan fingerprint density at radius 3 is 2.64 bits per heavy atom. The first-order chi connectivity index (χ1) is 16.3. The second-order valence-electron chi connectivity index (χ2n) is 8.01. The molecule has 0 saturated carbocycles. The van der Waals surface area contributed by atoms with Crippen LogP contribution in [0.25, 0.3) is 27.9 Å². The van der Waals surface area contributed by atoms with Gasteiger partial charge in [0.25, 0.3) is 0 Å². The van der Waals surface area contributed by atoms with Gasteiger partial charge in [-0.1, -0.05) is 48.2 Å². The highest BCUT2D eigenvalue weighted by atomic mass is 32.2. The van der Waals surface area contributed by atoms with Crippen LogP contribution in [-0.2, 0) is 5.75 Å². The molecule has 3 aromatic carbocycles. The number of aryl methyl sites for hydroxylation is 1. The van der Waals surface area contributed by atoms with Crippen LogP contribution in [0.15, 0.2) is 71.9 Å². The summed E-state index contributed by atoms with van der Waals surface area (Å²) in [4.78, 5) is 9.84. The van der Waals surface area contributed by atoms with E-state index in [1.54, 1.807) is 11.8 Å². The average Bonchev–Trinajstić information content (AvgIpc) is 3.16. The fraction of sp³-hybridized carbons (Fsp3) is 0.192. The van der Waals surface area contributed by atoms with Crippen molar-refractivity contribution in [2.45, 2.75) is 24.3 Å². The lowest BCUT2D eigenvalue weighted by Crippen LogP contribution is -1.99. The van der Waals surface area contributed by atoms with Gasteiger partial charge < -0.3 is 9.47 Å². The number of fused-ring (bicyclic) bond motifs is 4. The minimum absolute atomic E-state index is 0.640. The summed E-state index contributed by atoms with van der Waals surface area (Å²) < 4.78 is 13.5. The maximum absolute atomic E-state index is 5.87. The van der Waals surface area contributed by atoms with Gasteiger partial charge in [-0.15, -0.1) is 5.10 Å². The van der Waals surface area contributed by atoms with Crippen molar-refractivity contribution in [1.29, 1.82) is 0 Å². The SMILES string of the molecule is Cc1ccccc1CSc1nc2ccccc2c2nc(-c3ccc4c(c3)OCCCO4)nn12. The van der Waals surface area contributed by atoms with Gasteiger partial charge in [0.2, 0.25) is 0 Å². The molecule has 0 radical (unpaired) electrons. The Kier molecular flexibility index (Phi) is 5.11. The summed E-state index contributed by atoms with van der Waals surface area (Å²) in [7, 11) is 0. The van der Waals surface area contributed by atoms with Crippen LogP contribution < -0.4 is 9.47 Å². The smallest absolute Gasteiger partial charge is 0.191 e. The lowest BCUT2D eigenvalue weighted by Gasteiger charge is -2.08. The quantitative estimate of drug-likeness (QED) is 0.256. The molecule has 6 rings (SSSR count). The largest absolute Gasteiger partial charge is 0.490 e. The molecule has 0 amide bonds. The highest BCUT2D eigenvalue weighted by Crippen LogP contribution is 2.34. The van der Waals surface area contributed by atoms with E-state index >= 15 is 0 Å². The Labute approximate surface area is 195 Å². The standard InChI is InChI=1S/C26H22N4O2S/c1-17-7-2-3-8-19(17)16-33-26-27-21-10-5-4-9-20(21)25-28-24(29-30(25)26)18-11-12-22-23(15-18)32-14-6-13-31-22/h2-5,7-12,15H,6,13-14,16H2,1H3. The van der Waals surface area contributed by atoms with E-state index in [9.17, 15) is 0 Å². The zero-order valence-electron chi connectivity index (χ0n) is 18.2. The molecule has 6 nitrogen and oxygen atoms in total. The van der Waals surface area contributed by atoms with Crippen LogP contribution in [0.2, 0.25) is 0 Å². The zero-order chi connectivity index (χ0) is 22.2. The highest BCUT2D eigenvalue weighted by molar-refractivity contribution is 7.98. The van der Waals surface area contributed by atoms with E-state index in [0.29, 0.717) is 19.0 Å². The van der Waals surface area contributed by atoms with Gasteiger partial charge in [0.05, 0.1) is 18.7 Å². The zero-order valence-corrected chi connectivity index (χ0v) is 19.0. The van der Waals surface area contributed by atoms with Crippen LogP contribution >= 0.6 is 11.8 Å². The number of ether oxygens (including phenoxy) is 2. The third-order valence-corrected chi connectivity index (χ3v) is 6.75. The molecule has 164 valence electrons. The number of hydrogen-bond donors (Lipinski definition) is 0. The van der Waals surface area contributed by atoms with Crippen molar-refractivity contribution >= 4 is 28.3 Å². The van der Waals surface area contributed by atoms with Gasteiger partial charge in [-0.3, -0.25) is 0 Å². The van der Waals surface area contributed by atoms with Gasteiger partial charge >= 0.3 is 0 Å². The molecule has 0 bridgehead atoms. The van der Waals surface area contributed by atoms with Crippen molar-refractivity contribution in [2.24, 2.45) is 0 Å². The van der Waals surface area contributed by atoms with E-state index in [1.807, 2.05) is 47.0 Å². The van der Waals surface area contributed by atoms with Crippen molar-refractivity contribution < 1.29 is 9.47 Å². The van der Waals surface area contributed by atoms with Crippen LogP contribution in [0.3, 0.4) is 0 Å². The van der Waals surface area contributed by atoms with Crippen LogP contribution in [-0.4, -0.2) is 32.8 Å². The first kappa shape index (κ1) is 20.1. The lowest BCUT2D eigenvalue weighted by molar-refractivity contribution is 0.297. The highest BCUT2D eigenvalue weighted by Gasteiger charge is 2.17. The monoisotopic (exact) mass is 454 g/mol. The van der Waals surface area contributed by atoms with Crippen LogP contribution in [0.5, 0.6) is 11.5 Å². The molecule has 1 aliphatic heterocycles. The molecule has 7 heteroatoms. The Hall–Kier alpha value is -3.58. The molecule has 0 aliphatic carbocycles. The summed E-state index contributed by atoms with van der Waals surface area (Å²) in [5.41, 5.74) is 5.16. The average molecular weight is 455 g/mol. The van der Waals surface area contributed by atoms with E-state index in [-0.39, 0.29) is 0 Å². The van der Waals surface area contributed by atoms with E-state index in [4.69, 9.17) is 24.5 Å². The van der Waals surface area contributed by atoms with Crippen molar-refractivity contribution in [3.63, 3.8) is 0 Å². The summed E-state index contributed by atoms with van der Waals surface area (Å²) in [6.45, 7) is 3.44. The molecule has 3 heterocycles. The van der Waals surface area contributed by atoms with E-state index < -0.39 is 0 Å². The van der Waals surface area contributed by atoms with Crippen LogP contribution in [0, 0.1) is 6.92 Å². The van der Waals surface area contributed by atoms with Gasteiger partial charge in [-0.05, 0) is 48.4 Å². The number of thioether (sulfide) groups is 1. The molecule has 33 heavy (non-hydrogen) atoms. The predicted octanol–water partition coefficient (Wildman–Crippen LogP) is 5.71. The van der Waals surface area contributed by atoms with Gasteiger partial charge in [0, 0.05) is 23.1 Å². The number of aromatic nitrogens is 4. The number of nitrogens with zero attached hydrogens (tertiary/aromatic N) is 4. The topological polar surface area (TPSA) is 61.5 Å². The van der Waals surface area contributed by atoms with Crippen molar-refractivity contribution in [3.05, 3.63) is 77.9 Å². The second kappa shape index (κ2) is 8.41. The molecule has 0 saturated heterocycles. The molecule has 0 fully saturated rings. The molecular formula is C26H22N4O2S. The Morgan fingerprint density at radius 1 is 0.909 bits per heavy atom. The summed E-state index contributed by atoms with van der Waals surface area (Å²) >= 11 is 1.67. The molecule has 1 aliphatic rings. The molecule has 0 N–H and O–H groups in total. The normalized spacial score (nSPS) is 13.4. The maximum atomic E-state index is 5.87. The van der Waals surface area contributed by atoms with Gasteiger partial charge in [0.1, 0.15) is 0 Å². The van der Waals surface area contributed by atoms with E-state index in [0.717, 1.165) is 50.9 Å². The number of para-hydroxylation sites is 1. The van der Waals surface area contributed by atoms with Gasteiger partial charge in [0.15, 0.2) is 28.1 Å². The third-order valence-electron chi connectivity index (χ3n) is 5.77. The molecule has 0 unspecified atom stereocenters. The summed E-state index contributed by atoms with van der Waals surface area (Å²) in [5, 5.41) is 6.66. The summed E-state index contributed by atoms with van der Waals surface area (Å²) in [6, 6.07) is 22.4. The molecule has 5 aromatic rings. The Morgan fingerprint density at radius 2 is 1.73 bits per heavy atom. The maximum Gasteiger partial charge on any atom is 0.191 e. The first-order valence-electron chi connectivity index (χ1n) is 11.0. The number of benzene rings is 3. The van der Waals surface area contributed by atoms with Crippen LogP contribution in [0.1, 0.15) is 17.5 Å². The fourth-order valence-electron chi connectivity index (χ4n) is 3.96. The van der Waals surface area contributed by atoms with Crippen LogP contribution in [0.4, 0.5) is 0 Å². The van der Waals surface area contributed by atoms with E-state index in [2.05, 4.69) is 31.2 Å². The minimum atomic E-state index is 0.640. The van der Waals surface area contributed by atoms with Crippen molar-refractivity contribution in [2.75, 3.05) is 13.2 Å². The third kappa shape index (κ3) is 3.78. The minimum Gasteiger partial charge on any atom is -0.490 e. The second-order valence-corrected chi connectivity index (χ2v) is 8.95. The lowest BCUT2D eigenvalue weighted by atomic mass is 10.1. The summed E-state index contributed by atoms with van der Waals surface area (Å²) in [5.74, 6) is 2.95.